The molecule has 80 valence electrons. The zero-order valence-electron chi connectivity index (χ0n) is 8.24. The number of benzene rings is 1. The molecule has 0 fully saturated rings. The molecule has 1 amide bonds. The third-order valence-corrected chi connectivity index (χ3v) is 4.02. The van der Waals surface area contributed by atoms with Gasteiger partial charge in [-0.2, -0.15) is 0 Å². The quantitative estimate of drug-likeness (QED) is 0.792. The molecule has 0 spiro atoms. The zero-order chi connectivity index (χ0) is 11.0. The fourth-order valence-corrected chi connectivity index (χ4v) is 2.85. The molecule has 0 saturated carbocycles. The number of halogens is 1. The molecule has 0 aliphatic carbocycles. The lowest BCUT2D eigenvalue weighted by Gasteiger charge is -2.18. The van der Waals surface area contributed by atoms with E-state index in [9.17, 15) is 4.79 Å². The minimum Gasteiger partial charge on any atom is -0.319 e. The second-order valence-corrected chi connectivity index (χ2v) is 5.40. The zero-order valence-corrected chi connectivity index (χ0v) is 10.6. The van der Waals surface area contributed by atoms with Crippen LogP contribution in [0.3, 0.4) is 0 Å². The van der Waals surface area contributed by atoms with Gasteiger partial charge in [-0.05, 0) is 18.2 Å². The summed E-state index contributed by atoms with van der Waals surface area (Å²) in [7, 11) is 1.76. The molecule has 1 unspecified atom stereocenters. The van der Waals surface area contributed by atoms with Crippen molar-refractivity contribution in [2.45, 2.75) is 10.9 Å². The molecule has 1 aromatic carbocycles. The van der Waals surface area contributed by atoms with E-state index in [4.69, 9.17) is 5.73 Å². The maximum absolute atomic E-state index is 11.8. The number of rotatable bonds is 0. The van der Waals surface area contributed by atoms with Gasteiger partial charge in [-0.1, -0.05) is 15.9 Å². The number of hydrogen-bond donors (Lipinski definition) is 1. The Morgan fingerprint density at radius 3 is 3.07 bits per heavy atom. The van der Waals surface area contributed by atoms with Gasteiger partial charge in [0.2, 0.25) is 5.91 Å². The second-order valence-electron chi connectivity index (χ2n) is 3.43. The largest absolute Gasteiger partial charge is 0.319 e. The van der Waals surface area contributed by atoms with Crippen LogP contribution < -0.4 is 10.6 Å². The van der Waals surface area contributed by atoms with Gasteiger partial charge in [0.05, 0.1) is 11.7 Å². The molecule has 0 saturated heterocycles. The number of likely N-dealkylation sites (N-methyl/N-ethyl adjacent to an activating group) is 1. The van der Waals surface area contributed by atoms with Crippen LogP contribution in [0.4, 0.5) is 5.69 Å². The van der Waals surface area contributed by atoms with Gasteiger partial charge in [-0.15, -0.1) is 11.8 Å². The van der Waals surface area contributed by atoms with Crippen LogP contribution in [0.5, 0.6) is 0 Å². The minimum absolute atomic E-state index is 0.0284. The number of nitrogens with two attached hydrogens (primary N) is 1. The van der Waals surface area contributed by atoms with Crippen LogP contribution in [0.15, 0.2) is 27.6 Å². The van der Waals surface area contributed by atoms with Gasteiger partial charge in [0.25, 0.3) is 0 Å². The number of nitrogens with zero attached hydrogens (tertiary/aromatic N) is 1. The number of anilines is 1. The van der Waals surface area contributed by atoms with Gasteiger partial charge in [-0.25, -0.2) is 0 Å². The summed E-state index contributed by atoms with van der Waals surface area (Å²) in [6.07, 6.45) is 0. The Morgan fingerprint density at radius 1 is 1.60 bits per heavy atom. The first-order chi connectivity index (χ1) is 7.09. The van der Waals surface area contributed by atoms with Crippen molar-refractivity contribution >= 4 is 39.3 Å². The highest BCUT2D eigenvalue weighted by atomic mass is 79.9. The number of amides is 1. The SMILES string of the molecule is CN1C(=O)C(N)CSc2ccc(Br)cc21. The highest BCUT2D eigenvalue weighted by molar-refractivity contribution is 9.10. The van der Waals surface area contributed by atoms with E-state index in [0.717, 1.165) is 15.1 Å². The monoisotopic (exact) mass is 286 g/mol. The minimum atomic E-state index is -0.411. The molecule has 1 aliphatic heterocycles. The summed E-state index contributed by atoms with van der Waals surface area (Å²) in [5.41, 5.74) is 6.69. The summed E-state index contributed by atoms with van der Waals surface area (Å²) in [6, 6.07) is 5.51. The molecule has 1 aromatic rings. The molecule has 5 heteroatoms. The fraction of sp³-hybridized carbons (Fsp3) is 0.300. The maximum atomic E-state index is 11.8. The lowest BCUT2D eigenvalue weighted by atomic mass is 10.2. The summed E-state index contributed by atoms with van der Waals surface area (Å²) in [5, 5.41) is 0. The molecule has 0 bridgehead atoms. The van der Waals surface area contributed by atoms with Gasteiger partial charge in [0.15, 0.2) is 0 Å². The van der Waals surface area contributed by atoms with Crippen LogP contribution in [0.1, 0.15) is 0 Å². The summed E-state index contributed by atoms with van der Waals surface area (Å²) in [6.45, 7) is 0. The first-order valence-corrected chi connectivity index (χ1v) is 6.33. The van der Waals surface area contributed by atoms with Crippen molar-refractivity contribution in [3.63, 3.8) is 0 Å². The first kappa shape index (κ1) is 11.0. The molecule has 15 heavy (non-hydrogen) atoms. The molecular weight excluding hydrogens is 276 g/mol. The van der Waals surface area contributed by atoms with E-state index < -0.39 is 6.04 Å². The highest BCUT2D eigenvalue weighted by Crippen LogP contribution is 2.35. The van der Waals surface area contributed by atoms with Gasteiger partial charge in [0.1, 0.15) is 0 Å². The smallest absolute Gasteiger partial charge is 0.244 e. The average molecular weight is 287 g/mol. The van der Waals surface area contributed by atoms with Crippen LogP contribution in [0, 0.1) is 0 Å². The summed E-state index contributed by atoms with van der Waals surface area (Å²) in [4.78, 5) is 14.5. The van der Waals surface area contributed by atoms with Crippen LogP contribution >= 0.6 is 27.7 Å². The standard InChI is InChI=1S/C10H11BrN2OS/c1-13-8-4-6(11)2-3-9(8)15-5-7(12)10(13)14/h2-4,7H,5,12H2,1H3. The van der Waals surface area contributed by atoms with Crippen molar-refractivity contribution in [3.05, 3.63) is 22.7 Å². The van der Waals surface area contributed by atoms with Crippen molar-refractivity contribution in [1.82, 2.24) is 0 Å². The van der Waals surface area contributed by atoms with Crippen molar-refractivity contribution in [2.24, 2.45) is 5.73 Å². The predicted octanol–water partition coefficient (Wildman–Crippen LogP) is 1.84. The van der Waals surface area contributed by atoms with E-state index in [1.807, 2.05) is 18.2 Å². The molecule has 0 radical (unpaired) electrons. The number of carbonyl (C=O) groups is 1. The van der Waals surface area contributed by atoms with Crippen LogP contribution in [0.2, 0.25) is 0 Å². The molecular formula is C10H11BrN2OS. The van der Waals surface area contributed by atoms with Crippen LogP contribution in [0.25, 0.3) is 0 Å². The Balaban J connectivity index is 2.48. The predicted molar refractivity (Wildman–Crippen MR) is 66.3 cm³/mol. The Labute approximate surface area is 101 Å². The molecule has 1 atom stereocenters. The summed E-state index contributed by atoms with van der Waals surface area (Å²) >= 11 is 5.03. The summed E-state index contributed by atoms with van der Waals surface area (Å²) < 4.78 is 0.969. The lowest BCUT2D eigenvalue weighted by Crippen LogP contribution is -2.42. The van der Waals surface area contributed by atoms with Crippen LogP contribution in [-0.2, 0) is 4.79 Å². The van der Waals surface area contributed by atoms with E-state index >= 15 is 0 Å². The van der Waals surface area contributed by atoms with E-state index in [1.165, 1.54) is 0 Å². The summed E-state index contributed by atoms with van der Waals surface area (Å²) in [5.74, 6) is 0.608. The Bertz CT molecular complexity index is 410. The van der Waals surface area contributed by atoms with Gasteiger partial charge in [0, 0.05) is 22.2 Å². The second kappa shape index (κ2) is 4.15. The van der Waals surface area contributed by atoms with Crippen molar-refractivity contribution < 1.29 is 4.79 Å². The molecule has 1 aliphatic rings. The average Bonchev–Trinajstić information content (AvgIpc) is 2.32. The fourth-order valence-electron chi connectivity index (χ4n) is 1.49. The third kappa shape index (κ3) is 2.04. The number of hydrogen-bond acceptors (Lipinski definition) is 3. The maximum Gasteiger partial charge on any atom is 0.244 e. The van der Waals surface area contributed by atoms with Gasteiger partial charge in [-0.3, -0.25) is 4.79 Å². The number of thioether (sulfide) groups is 1. The van der Waals surface area contributed by atoms with E-state index in [-0.39, 0.29) is 5.91 Å². The van der Waals surface area contributed by atoms with Crippen LogP contribution in [-0.4, -0.2) is 24.7 Å². The van der Waals surface area contributed by atoms with E-state index in [0.29, 0.717) is 5.75 Å². The Morgan fingerprint density at radius 2 is 2.33 bits per heavy atom. The topological polar surface area (TPSA) is 46.3 Å². The molecule has 0 aromatic heterocycles. The molecule has 2 N–H and O–H groups in total. The van der Waals surface area contributed by atoms with Crippen molar-refractivity contribution in [1.29, 1.82) is 0 Å². The van der Waals surface area contributed by atoms with Crippen molar-refractivity contribution in [2.75, 3.05) is 17.7 Å². The molecule has 1 heterocycles. The number of fused-ring (bicyclic) bond motifs is 1. The van der Waals surface area contributed by atoms with Gasteiger partial charge < -0.3 is 10.6 Å². The molecule has 2 rings (SSSR count). The normalized spacial score (nSPS) is 21.1. The van der Waals surface area contributed by atoms with Crippen molar-refractivity contribution in [3.8, 4) is 0 Å². The van der Waals surface area contributed by atoms with Gasteiger partial charge >= 0.3 is 0 Å². The number of carbonyl (C=O) groups excluding carboxylic acids is 1. The Kier molecular flexibility index (Phi) is 3.04. The van der Waals surface area contributed by atoms with E-state index in [1.54, 1.807) is 23.7 Å². The Hall–Kier alpha value is -0.520. The lowest BCUT2D eigenvalue weighted by molar-refractivity contribution is -0.119. The highest BCUT2D eigenvalue weighted by Gasteiger charge is 2.25. The third-order valence-electron chi connectivity index (χ3n) is 2.35. The first-order valence-electron chi connectivity index (χ1n) is 4.55. The molecule has 3 nitrogen and oxygen atoms in total. The van der Waals surface area contributed by atoms with E-state index in [2.05, 4.69) is 15.9 Å².